The van der Waals surface area contributed by atoms with Gasteiger partial charge in [0, 0.05) is 17.9 Å². The first-order chi connectivity index (χ1) is 12.2. The van der Waals surface area contributed by atoms with Gasteiger partial charge < -0.3 is 9.47 Å². The zero-order chi connectivity index (χ0) is 17.5. The predicted molar refractivity (Wildman–Crippen MR) is 99.7 cm³/mol. The Morgan fingerprint density at radius 3 is 3.24 bits per heavy atom. The molecule has 8 heteroatoms. The van der Waals surface area contributed by atoms with Crippen LogP contribution in [-0.4, -0.2) is 41.2 Å². The molecule has 1 aromatic heterocycles. The molecule has 2 heterocycles. The van der Waals surface area contributed by atoms with Crippen LogP contribution in [0.4, 0.5) is 5.13 Å². The summed E-state index contributed by atoms with van der Waals surface area (Å²) in [6, 6.07) is 7.09. The highest BCUT2D eigenvalue weighted by Gasteiger charge is 2.16. The first-order valence-electron chi connectivity index (χ1n) is 7.97. The summed E-state index contributed by atoms with van der Waals surface area (Å²) in [7, 11) is 0. The highest BCUT2D eigenvalue weighted by atomic mass is 32.2. The Morgan fingerprint density at radius 1 is 1.52 bits per heavy atom. The van der Waals surface area contributed by atoms with Gasteiger partial charge in [0.1, 0.15) is 12.4 Å². The standard InChI is InChI=1S/C17H19N3O3S2/c1-2-9-24-17-20-19-16(25-17)18-15(21)12-5-3-6-13(10-12)23-11-14-7-4-8-22-14/h2-3,5-6,10,14H,1,4,7-9,11H2,(H,18,19,21). The molecule has 0 bridgehead atoms. The summed E-state index contributed by atoms with van der Waals surface area (Å²) in [4.78, 5) is 12.4. The SMILES string of the molecule is C=CCSc1nnc(NC(=O)c2cccc(OCC3CCCO3)c2)s1. The van der Waals surface area contributed by atoms with Gasteiger partial charge in [-0.15, -0.1) is 16.8 Å². The minimum Gasteiger partial charge on any atom is -0.491 e. The summed E-state index contributed by atoms with van der Waals surface area (Å²) in [6.07, 6.45) is 4.03. The molecule has 1 saturated heterocycles. The van der Waals surface area contributed by atoms with Gasteiger partial charge >= 0.3 is 0 Å². The fourth-order valence-corrected chi connectivity index (χ4v) is 3.82. The molecule has 1 fully saturated rings. The van der Waals surface area contributed by atoms with E-state index in [9.17, 15) is 4.79 Å². The lowest BCUT2D eigenvalue weighted by molar-refractivity contribution is 0.0679. The van der Waals surface area contributed by atoms with Crippen molar-refractivity contribution in [2.45, 2.75) is 23.3 Å². The third kappa shape index (κ3) is 5.29. The van der Waals surface area contributed by atoms with Crippen LogP contribution in [0.15, 0.2) is 41.3 Å². The van der Waals surface area contributed by atoms with E-state index in [1.54, 1.807) is 24.3 Å². The summed E-state index contributed by atoms with van der Waals surface area (Å²) in [5.74, 6) is 1.17. The minimum absolute atomic E-state index is 0.144. The molecular weight excluding hydrogens is 358 g/mol. The number of rotatable bonds is 8. The molecule has 0 radical (unpaired) electrons. The Bertz CT molecular complexity index is 729. The van der Waals surface area contributed by atoms with E-state index in [4.69, 9.17) is 9.47 Å². The summed E-state index contributed by atoms with van der Waals surface area (Å²) in [6.45, 7) is 4.97. The van der Waals surface area contributed by atoms with Crippen molar-refractivity contribution in [2.24, 2.45) is 0 Å². The highest BCUT2D eigenvalue weighted by Crippen LogP contribution is 2.26. The Morgan fingerprint density at radius 2 is 2.44 bits per heavy atom. The normalized spacial score (nSPS) is 16.6. The van der Waals surface area contributed by atoms with Crippen LogP contribution in [0.5, 0.6) is 5.75 Å². The van der Waals surface area contributed by atoms with Crippen LogP contribution in [0.25, 0.3) is 0 Å². The van der Waals surface area contributed by atoms with E-state index < -0.39 is 0 Å². The van der Waals surface area contributed by atoms with Crippen LogP contribution >= 0.6 is 23.1 Å². The average Bonchev–Trinajstić information content (AvgIpc) is 3.30. The fourth-order valence-electron chi connectivity index (χ4n) is 2.31. The maximum Gasteiger partial charge on any atom is 0.257 e. The molecule has 132 valence electrons. The molecule has 1 atom stereocenters. The monoisotopic (exact) mass is 377 g/mol. The molecule has 25 heavy (non-hydrogen) atoms. The van der Waals surface area contributed by atoms with Gasteiger partial charge in [-0.2, -0.15) is 0 Å². The average molecular weight is 377 g/mol. The van der Waals surface area contributed by atoms with Crippen molar-refractivity contribution < 1.29 is 14.3 Å². The van der Waals surface area contributed by atoms with Gasteiger partial charge in [0.05, 0.1) is 6.10 Å². The molecule has 1 aliphatic heterocycles. The Kier molecular flexibility index (Phi) is 6.43. The summed E-state index contributed by atoms with van der Waals surface area (Å²) in [5.41, 5.74) is 0.514. The minimum atomic E-state index is -0.237. The number of carbonyl (C=O) groups excluding carboxylic acids is 1. The predicted octanol–water partition coefficient (Wildman–Crippen LogP) is 3.63. The van der Waals surface area contributed by atoms with Crippen molar-refractivity contribution in [3.63, 3.8) is 0 Å². The van der Waals surface area contributed by atoms with Crippen molar-refractivity contribution in [3.05, 3.63) is 42.5 Å². The third-order valence-corrected chi connectivity index (χ3v) is 5.48. The van der Waals surface area contributed by atoms with Crippen LogP contribution in [0, 0.1) is 0 Å². The van der Waals surface area contributed by atoms with E-state index in [-0.39, 0.29) is 12.0 Å². The molecular formula is C17H19N3O3S2. The van der Waals surface area contributed by atoms with Crippen molar-refractivity contribution in [1.82, 2.24) is 10.2 Å². The Labute approximate surface area is 154 Å². The van der Waals surface area contributed by atoms with Gasteiger partial charge in [0.25, 0.3) is 5.91 Å². The number of ether oxygens (including phenoxy) is 2. The van der Waals surface area contributed by atoms with Gasteiger partial charge in [-0.05, 0) is 31.0 Å². The van der Waals surface area contributed by atoms with E-state index in [1.165, 1.54) is 23.1 Å². The van der Waals surface area contributed by atoms with E-state index in [0.717, 1.165) is 29.5 Å². The molecule has 1 aliphatic rings. The Hall–Kier alpha value is -1.90. The molecule has 6 nitrogen and oxygen atoms in total. The van der Waals surface area contributed by atoms with Crippen LogP contribution in [0.3, 0.4) is 0 Å². The number of aromatic nitrogens is 2. The first kappa shape index (κ1) is 17.9. The Balaban J connectivity index is 1.56. The van der Waals surface area contributed by atoms with E-state index in [1.807, 2.05) is 6.07 Å². The number of thioether (sulfide) groups is 1. The molecule has 3 rings (SSSR count). The van der Waals surface area contributed by atoms with E-state index in [0.29, 0.717) is 23.1 Å². The summed E-state index contributed by atoms with van der Waals surface area (Å²) < 4.78 is 12.1. The van der Waals surface area contributed by atoms with Crippen molar-refractivity contribution in [1.29, 1.82) is 0 Å². The second kappa shape index (κ2) is 8.98. The second-order valence-corrected chi connectivity index (χ2v) is 7.65. The van der Waals surface area contributed by atoms with Crippen LogP contribution in [0.2, 0.25) is 0 Å². The second-order valence-electron chi connectivity index (χ2n) is 5.40. The van der Waals surface area contributed by atoms with Gasteiger partial charge in [0.2, 0.25) is 5.13 Å². The fraction of sp³-hybridized carbons (Fsp3) is 0.353. The lowest BCUT2D eigenvalue weighted by Gasteiger charge is -2.12. The zero-order valence-electron chi connectivity index (χ0n) is 13.6. The molecule has 1 unspecified atom stereocenters. The summed E-state index contributed by atoms with van der Waals surface area (Å²) in [5, 5.41) is 11.2. The topological polar surface area (TPSA) is 73.3 Å². The molecule has 1 N–H and O–H groups in total. The lowest BCUT2D eigenvalue weighted by Crippen LogP contribution is -2.17. The lowest BCUT2D eigenvalue weighted by atomic mass is 10.2. The van der Waals surface area contributed by atoms with Gasteiger partial charge in [0.15, 0.2) is 4.34 Å². The molecule has 0 saturated carbocycles. The highest BCUT2D eigenvalue weighted by molar-refractivity contribution is 8.01. The van der Waals surface area contributed by atoms with Gasteiger partial charge in [-0.1, -0.05) is 35.2 Å². The van der Waals surface area contributed by atoms with E-state index >= 15 is 0 Å². The van der Waals surface area contributed by atoms with Gasteiger partial charge in [-0.3, -0.25) is 10.1 Å². The van der Waals surface area contributed by atoms with Crippen molar-refractivity contribution in [3.8, 4) is 5.75 Å². The smallest absolute Gasteiger partial charge is 0.257 e. The maximum absolute atomic E-state index is 12.4. The summed E-state index contributed by atoms with van der Waals surface area (Å²) >= 11 is 2.87. The molecule has 0 spiro atoms. The quantitative estimate of drug-likeness (QED) is 0.430. The van der Waals surface area contributed by atoms with Crippen LogP contribution < -0.4 is 10.1 Å². The number of nitrogens with one attached hydrogen (secondary N) is 1. The number of benzene rings is 1. The number of hydrogen-bond acceptors (Lipinski definition) is 7. The third-order valence-electron chi connectivity index (χ3n) is 3.51. The number of carbonyl (C=O) groups is 1. The number of amides is 1. The number of anilines is 1. The van der Waals surface area contributed by atoms with Gasteiger partial charge in [-0.25, -0.2) is 0 Å². The molecule has 1 amide bonds. The largest absolute Gasteiger partial charge is 0.491 e. The molecule has 2 aromatic rings. The van der Waals surface area contributed by atoms with Crippen molar-refractivity contribution in [2.75, 3.05) is 24.3 Å². The van der Waals surface area contributed by atoms with Crippen molar-refractivity contribution >= 4 is 34.1 Å². The number of hydrogen-bond donors (Lipinski definition) is 1. The zero-order valence-corrected chi connectivity index (χ0v) is 15.3. The van der Waals surface area contributed by atoms with Crippen LogP contribution in [0.1, 0.15) is 23.2 Å². The molecule has 1 aromatic carbocycles. The van der Waals surface area contributed by atoms with E-state index in [2.05, 4.69) is 22.1 Å². The van der Waals surface area contributed by atoms with Crippen LogP contribution in [-0.2, 0) is 4.74 Å². The number of nitrogens with zero attached hydrogens (tertiary/aromatic N) is 2. The molecule has 0 aliphatic carbocycles. The first-order valence-corrected chi connectivity index (χ1v) is 9.78. The maximum atomic E-state index is 12.4.